The van der Waals surface area contributed by atoms with E-state index in [1.165, 1.54) is 0 Å². The van der Waals surface area contributed by atoms with Gasteiger partial charge in [0.15, 0.2) is 5.76 Å². The minimum absolute atomic E-state index is 0.180. The smallest absolute Gasteiger partial charge is 0.288 e. The first kappa shape index (κ1) is 13.0. The Kier molecular flexibility index (Phi) is 3.76. The second-order valence-corrected chi connectivity index (χ2v) is 4.03. The number of hydrogen-bond acceptors (Lipinski definition) is 3. The molecule has 4 nitrogen and oxygen atoms in total. The van der Waals surface area contributed by atoms with E-state index in [-0.39, 0.29) is 12.5 Å². The van der Waals surface area contributed by atoms with Crippen molar-refractivity contribution in [1.29, 1.82) is 0 Å². The van der Waals surface area contributed by atoms with Gasteiger partial charge in [0.1, 0.15) is 11.3 Å². The number of furan rings is 1. The van der Waals surface area contributed by atoms with Crippen molar-refractivity contribution in [3.8, 4) is 18.1 Å². The van der Waals surface area contributed by atoms with Crippen LogP contribution in [0.4, 0.5) is 0 Å². The second kappa shape index (κ2) is 5.49. The van der Waals surface area contributed by atoms with Crippen LogP contribution in [0.15, 0.2) is 22.6 Å². The molecule has 0 aliphatic heterocycles. The van der Waals surface area contributed by atoms with Gasteiger partial charge in [0.25, 0.3) is 5.91 Å². The Bertz CT molecular complexity index is 649. The molecule has 0 radical (unpaired) electrons. The van der Waals surface area contributed by atoms with E-state index >= 15 is 0 Å². The first-order valence-electron chi connectivity index (χ1n) is 6.05. The normalized spacial score (nSPS) is 10.2. The van der Waals surface area contributed by atoms with Gasteiger partial charge >= 0.3 is 0 Å². The highest BCUT2D eigenvalue weighted by atomic mass is 16.5. The number of amides is 1. The number of carbonyl (C=O) groups excluding carboxylic acids is 1. The fraction of sp³-hybridized carbons (Fsp3) is 0.267. The van der Waals surface area contributed by atoms with Crippen molar-refractivity contribution in [1.82, 2.24) is 5.32 Å². The van der Waals surface area contributed by atoms with Crippen molar-refractivity contribution in [2.45, 2.75) is 13.8 Å². The minimum Gasteiger partial charge on any atom is -0.494 e. The molecule has 0 saturated heterocycles. The molecule has 19 heavy (non-hydrogen) atoms. The van der Waals surface area contributed by atoms with Gasteiger partial charge in [-0.2, -0.15) is 0 Å². The molecule has 1 aromatic heterocycles. The molecule has 0 aliphatic carbocycles. The first-order valence-corrected chi connectivity index (χ1v) is 6.05. The molecule has 0 spiro atoms. The number of nitrogens with one attached hydrogen (secondary N) is 1. The molecule has 2 rings (SSSR count). The monoisotopic (exact) mass is 257 g/mol. The van der Waals surface area contributed by atoms with E-state index in [0.717, 1.165) is 16.7 Å². The van der Waals surface area contributed by atoms with Gasteiger partial charge in [-0.3, -0.25) is 4.79 Å². The van der Waals surface area contributed by atoms with Crippen LogP contribution in [-0.2, 0) is 0 Å². The molecule has 4 heteroatoms. The average molecular weight is 257 g/mol. The standard InChI is InChI=1S/C15H15NO3/c1-4-8-16-15(17)14-10(3)12-9-11(18-5-2)6-7-13(12)19-14/h1,6-7,9H,5,8H2,2-3H3,(H,16,17). The van der Waals surface area contributed by atoms with Crippen LogP contribution in [0.1, 0.15) is 23.0 Å². The predicted octanol–water partition coefficient (Wildman–Crippen LogP) is 2.50. The summed E-state index contributed by atoms with van der Waals surface area (Å²) in [5.74, 6) is 3.10. The highest BCUT2D eigenvalue weighted by Gasteiger charge is 2.17. The zero-order valence-electron chi connectivity index (χ0n) is 10.9. The molecule has 1 heterocycles. The summed E-state index contributed by atoms with van der Waals surface area (Å²) < 4.78 is 11.0. The topological polar surface area (TPSA) is 51.5 Å². The third kappa shape index (κ3) is 2.55. The third-order valence-electron chi connectivity index (χ3n) is 2.78. The van der Waals surface area contributed by atoms with Crippen molar-refractivity contribution in [3.63, 3.8) is 0 Å². The first-order chi connectivity index (χ1) is 9.17. The molecule has 0 saturated carbocycles. The lowest BCUT2D eigenvalue weighted by Crippen LogP contribution is -2.23. The maximum absolute atomic E-state index is 11.9. The third-order valence-corrected chi connectivity index (χ3v) is 2.78. The van der Waals surface area contributed by atoms with Crippen molar-refractivity contribution in [3.05, 3.63) is 29.5 Å². The lowest BCUT2D eigenvalue weighted by atomic mass is 10.1. The number of aryl methyl sites for hydroxylation is 1. The number of hydrogen-bond donors (Lipinski definition) is 1. The van der Waals surface area contributed by atoms with E-state index in [1.54, 1.807) is 6.07 Å². The SMILES string of the molecule is C#CCNC(=O)c1oc2ccc(OCC)cc2c1C. The summed E-state index contributed by atoms with van der Waals surface area (Å²) in [6.45, 7) is 4.54. The number of carbonyl (C=O) groups is 1. The maximum Gasteiger partial charge on any atom is 0.288 e. The van der Waals surface area contributed by atoms with Crippen LogP contribution in [0.2, 0.25) is 0 Å². The van der Waals surface area contributed by atoms with Gasteiger partial charge in [0.05, 0.1) is 13.2 Å². The van der Waals surface area contributed by atoms with E-state index < -0.39 is 0 Å². The van der Waals surface area contributed by atoms with Gasteiger partial charge < -0.3 is 14.5 Å². The van der Waals surface area contributed by atoms with Crippen molar-refractivity contribution in [2.24, 2.45) is 0 Å². The van der Waals surface area contributed by atoms with Gasteiger partial charge in [-0.1, -0.05) is 5.92 Å². The van der Waals surface area contributed by atoms with E-state index in [0.29, 0.717) is 18.0 Å². The number of rotatable bonds is 4. The van der Waals surface area contributed by atoms with Crippen LogP contribution in [0.5, 0.6) is 5.75 Å². The van der Waals surface area contributed by atoms with Crippen LogP contribution in [-0.4, -0.2) is 19.1 Å². The summed E-state index contributed by atoms with van der Waals surface area (Å²) in [4.78, 5) is 11.9. The molecule has 0 unspecified atom stereocenters. The molecule has 0 bridgehead atoms. The van der Waals surface area contributed by atoms with Crippen LogP contribution < -0.4 is 10.1 Å². The summed E-state index contributed by atoms with van der Waals surface area (Å²) >= 11 is 0. The molecular formula is C15H15NO3. The quantitative estimate of drug-likeness (QED) is 0.856. The minimum atomic E-state index is -0.301. The van der Waals surface area contributed by atoms with Crippen molar-refractivity contribution >= 4 is 16.9 Å². The zero-order chi connectivity index (χ0) is 13.8. The van der Waals surface area contributed by atoms with Crippen LogP contribution in [0.25, 0.3) is 11.0 Å². The van der Waals surface area contributed by atoms with Crippen LogP contribution in [0, 0.1) is 19.3 Å². The fourth-order valence-corrected chi connectivity index (χ4v) is 1.88. The Morgan fingerprint density at radius 3 is 3.00 bits per heavy atom. The molecule has 98 valence electrons. The molecule has 2 aromatic rings. The molecular weight excluding hydrogens is 242 g/mol. The van der Waals surface area contributed by atoms with Crippen LogP contribution in [0.3, 0.4) is 0 Å². The highest BCUT2D eigenvalue weighted by Crippen LogP contribution is 2.28. The predicted molar refractivity (Wildman–Crippen MR) is 73.3 cm³/mol. The molecule has 1 aromatic carbocycles. The summed E-state index contributed by atoms with van der Waals surface area (Å²) in [5, 5.41) is 3.46. The van der Waals surface area contributed by atoms with E-state index in [9.17, 15) is 4.79 Å². The highest BCUT2D eigenvalue weighted by molar-refractivity contribution is 5.99. The Hall–Kier alpha value is -2.41. The Morgan fingerprint density at radius 2 is 2.32 bits per heavy atom. The lowest BCUT2D eigenvalue weighted by Gasteiger charge is -2.01. The maximum atomic E-state index is 11.9. The molecule has 1 amide bonds. The van der Waals surface area contributed by atoms with Crippen LogP contribution >= 0.6 is 0 Å². The lowest BCUT2D eigenvalue weighted by molar-refractivity contribution is 0.0932. The fourth-order valence-electron chi connectivity index (χ4n) is 1.88. The van der Waals surface area contributed by atoms with E-state index in [1.807, 2.05) is 26.0 Å². The molecule has 1 N–H and O–H groups in total. The van der Waals surface area contributed by atoms with Gasteiger partial charge in [-0.15, -0.1) is 6.42 Å². The van der Waals surface area contributed by atoms with E-state index in [2.05, 4.69) is 11.2 Å². The van der Waals surface area contributed by atoms with Crippen molar-refractivity contribution < 1.29 is 13.9 Å². The molecule has 0 fully saturated rings. The summed E-state index contributed by atoms with van der Waals surface area (Å²) in [5.41, 5.74) is 1.44. The summed E-state index contributed by atoms with van der Waals surface area (Å²) in [6.07, 6.45) is 5.11. The Labute approximate surface area is 111 Å². The second-order valence-electron chi connectivity index (χ2n) is 4.03. The molecule has 0 aliphatic rings. The van der Waals surface area contributed by atoms with Crippen molar-refractivity contribution in [2.75, 3.05) is 13.2 Å². The Balaban J connectivity index is 2.39. The number of benzene rings is 1. The van der Waals surface area contributed by atoms with E-state index in [4.69, 9.17) is 15.6 Å². The van der Waals surface area contributed by atoms with Gasteiger partial charge in [0.2, 0.25) is 0 Å². The number of ether oxygens (including phenoxy) is 1. The zero-order valence-corrected chi connectivity index (χ0v) is 10.9. The van der Waals surface area contributed by atoms with Gasteiger partial charge in [-0.05, 0) is 32.0 Å². The average Bonchev–Trinajstić information content (AvgIpc) is 2.74. The van der Waals surface area contributed by atoms with Gasteiger partial charge in [0, 0.05) is 10.9 Å². The Morgan fingerprint density at radius 1 is 1.53 bits per heavy atom. The number of fused-ring (bicyclic) bond motifs is 1. The van der Waals surface area contributed by atoms with Gasteiger partial charge in [-0.25, -0.2) is 0 Å². The number of terminal acetylenes is 1. The largest absolute Gasteiger partial charge is 0.494 e. The summed E-state index contributed by atoms with van der Waals surface area (Å²) in [6, 6.07) is 5.48. The molecule has 0 atom stereocenters. The summed E-state index contributed by atoms with van der Waals surface area (Å²) in [7, 11) is 0.